The van der Waals surface area contributed by atoms with E-state index in [0.717, 1.165) is 5.56 Å². The van der Waals surface area contributed by atoms with Crippen molar-refractivity contribution < 1.29 is 14.3 Å². The highest BCUT2D eigenvalue weighted by molar-refractivity contribution is 5.91. The largest absolute Gasteiger partial charge is 0.423 e. The molecule has 9 nitrogen and oxygen atoms in total. The third kappa shape index (κ3) is 4.08. The van der Waals surface area contributed by atoms with Crippen LogP contribution in [0.25, 0.3) is 0 Å². The van der Waals surface area contributed by atoms with Crippen LogP contribution in [0, 0.1) is 0 Å². The molecule has 0 bridgehead atoms. The Balaban J connectivity index is 1.66. The molecule has 0 fully saturated rings. The fourth-order valence-corrected chi connectivity index (χ4v) is 2.24. The summed E-state index contributed by atoms with van der Waals surface area (Å²) in [6, 6.07) is 13.4. The van der Waals surface area contributed by atoms with Crippen molar-refractivity contribution in [3.63, 3.8) is 0 Å². The molecule has 2 aromatic carbocycles. The van der Waals surface area contributed by atoms with Gasteiger partial charge in [0, 0.05) is 12.2 Å². The summed E-state index contributed by atoms with van der Waals surface area (Å²) in [5, 5.41) is 13.4. The molecule has 9 heteroatoms. The number of hydrogen-bond donors (Lipinski definition) is 2. The van der Waals surface area contributed by atoms with E-state index in [4.69, 9.17) is 10.5 Å². The lowest BCUT2D eigenvalue weighted by molar-refractivity contribution is -0.107. The van der Waals surface area contributed by atoms with Crippen LogP contribution >= 0.6 is 0 Å². The molecule has 0 aliphatic carbocycles. The summed E-state index contributed by atoms with van der Waals surface area (Å²) in [7, 11) is 0. The van der Waals surface area contributed by atoms with E-state index in [1.54, 1.807) is 48.5 Å². The van der Waals surface area contributed by atoms with Gasteiger partial charge in [-0.1, -0.05) is 17.3 Å². The standard InChI is InChI=1S/C17H16N6O3/c18-9-12-1-3-13(4-2-12)17(25)26-15-7-5-14(6-8-15)23(11-24)10-16-19-21-22-20-16/h1-8,11H,9-10,18H2,(H,19,20,21,22). The topological polar surface area (TPSA) is 127 Å². The molecule has 0 saturated heterocycles. The maximum atomic E-state index is 12.2. The number of benzene rings is 2. The zero-order valence-electron chi connectivity index (χ0n) is 13.7. The van der Waals surface area contributed by atoms with E-state index >= 15 is 0 Å². The monoisotopic (exact) mass is 352 g/mol. The van der Waals surface area contributed by atoms with Gasteiger partial charge in [-0.05, 0) is 42.0 Å². The highest BCUT2D eigenvalue weighted by Gasteiger charge is 2.11. The van der Waals surface area contributed by atoms with Crippen LogP contribution in [0.5, 0.6) is 5.75 Å². The maximum Gasteiger partial charge on any atom is 0.343 e. The number of nitrogens with one attached hydrogen (secondary N) is 1. The molecule has 3 aromatic rings. The van der Waals surface area contributed by atoms with E-state index in [1.165, 1.54) is 4.90 Å². The number of carbonyl (C=O) groups excluding carboxylic acids is 2. The normalized spacial score (nSPS) is 10.3. The molecular weight excluding hydrogens is 336 g/mol. The molecule has 132 valence electrons. The molecule has 0 radical (unpaired) electrons. The van der Waals surface area contributed by atoms with Gasteiger partial charge in [0.1, 0.15) is 5.75 Å². The summed E-state index contributed by atoms with van der Waals surface area (Å²) in [5.41, 5.74) is 7.50. The Kier molecular flexibility index (Phi) is 5.30. The van der Waals surface area contributed by atoms with Crippen molar-refractivity contribution in [3.05, 3.63) is 65.5 Å². The van der Waals surface area contributed by atoms with Gasteiger partial charge in [-0.25, -0.2) is 4.79 Å². The first kappa shape index (κ1) is 17.2. The summed E-state index contributed by atoms with van der Waals surface area (Å²) < 4.78 is 5.33. The van der Waals surface area contributed by atoms with Gasteiger partial charge >= 0.3 is 5.97 Å². The first-order valence-electron chi connectivity index (χ1n) is 7.75. The third-order valence-corrected chi connectivity index (χ3v) is 3.63. The van der Waals surface area contributed by atoms with Gasteiger partial charge in [-0.15, -0.1) is 10.2 Å². The van der Waals surface area contributed by atoms with E-state index in [9.17, 15) is 9.59 Å². The minimum atomic E-state index is -0.472. The zero-order chi connectivity index (χ0) is 18.4. The van der Waals surface area contributed by atoms with E-state index < -0.39 is 5.97 Å². The predicted octanol–water partition coefficient (Wildman–Crippen LogP) is 1.04. The van der Waals surface area contributed by atoms with Gasteiger partial charge in [0.15, 0.2) is 5.82 Å². The van der Waals surface area contributed by atoms with Crippen LogP contribution in [-0.2, 0) is 17.9 Å². The quantitative estimate of drug-likeness (QED) is 0.369. The van der Waals surface area contributed by atoms with Crippen LogP contribution in [0.2, 0.25) is 0 Å². The van der Waals surface area contributed by atoms with E-state index in [-0.39, 0.29) is 6.54 Å². The molecule has 0 atom stereocenters. The lowest BCUT2D eigenvalue weighted by Gasteiger charge is -2.15. The number of rotatable bonds is 7. The Morgan fingerprint density at radius 3 is 2.46 bits per heavy atom. The third-order valence-electron chi connectivity index (χ3n) is 3.63. The number of esters is 1. The van der Waals surface area contributed by atoms with Crippen LogP contribution in [0.4, 0.5) is 5.69 Å². The number of ether oxygens (including phenoxy) is 1. The summed E-state index contributed by atoms with van der Waals surface area (Å²) in [6.45, 7) is 0.584. The van der Waals surface area contributed by atoms with Gasteiger partial charge in [-0.3, -0.25) is 4.79 Å². The molecule has 0 aliphatic rings. The zero-order valence-corrected chi connectivity index (χ0v) is 13.7. The molecule has 1 amide bonds. The second-order valence-electron chi connectivity index (χ2n) is 5.35. The molecule has 0 saturated carbocycles. The summed E-state index contributed by atoms with van der Waals surface area (Å²) in [6.07, 6.45) is 0.663. The maximum absolute atomic E-state index is 12.2. The number of aromatic nitrogens is 4. The number of amides is 1. The fourth-order valence-electron chi connectivity index (χ4n) is 2.24. The van der Waals surface area contributed by atoms with Gasteiger partial charge in [0.2, 0.25) is 6.41 Å². The molecule has 26 heavy (non-hydrogen) atoms. The number of hydrogen-bond acceptors (Lipinski definition) is 7. The van der Waals surface area contributed by atoms with Crippen LogP contribution < -0.4 is 15.4 Å². The number of nitrogens with zero attached hydrogens (tertiary/aromatic N) is 4. The Bertz CT molecular complexity index is 863. The van der Waals surface area contributed by atoms with E-state index in [1.807, 2.05) is 0 Å². The van der Waals surface area contributed by atoms with E-state index in [2.05, 4.69) is 20.6 Å². The van der Waals surface area contributed by atoms with Gasteiger partial charge in [0.25, 0.3) is 0 Å². The first-order valence-corrected chi connectivity index (χ1v) is 7.75. The first-order chi connectivity index (χ1) is 12.7. The van der Waals surface area contributed by atoms with Gasteiger partial charge in [0.05, 0.1) is 12.1 Å². The predicted molar refractivity (Wildman–Crippen MR) is 92.2 cm³/mol. The number of carbonyl (C=O) groups is 2. The Hall–Kier alpha value is -3.59. The van der Waals surface area contributed by atoms with Crippen molar-refractivity contribution in [1.29, 1.82) is 0 Å². The molecule has 3 N–H and O–H groups in total. The molecule has 1 heterocycles. The summed E-state index contributed by atoms with van der Waals surface area (Å²) in [4.78, 5) is 24.8. The lowest BCUT2D eigenvalue weighted by Crippen LogP contribution is -2.21. The lowest BCUT2D eigenvalue weighted by atomic mass is 10.1. The van der Waals surface area contributed by atoms with Crippen LogP contribution in [0.3, 0.4) is 0 Å². The molecule has 0 aliphatic heterocycles. The highest BCUT2D eigenvalue weighted by atomic mass is 16.5. The van der Waals surface area contributed by atoms with Crippen molar-refractivity contribution in [1.82, 2.24) is 20.6 Å². The number of anilines is 1. The van der Waals surface area contributed by atoms with Crippen LogP contribution in [0.15, 0.2) is 48.5 Å². The average molecular weight is 352 g/mol. The van der Waals surface area contributed by atoms with Crippen LogP contribution in [-0.4, -0.2) is 33.0 Å². The molecular formula is C17H16N6O3. The molecule has 1 aromatic heterocycles. The number of tetrazole rings is 1. The molecule has 3 rings (SSSR count). The second-order valence-corrected chi connectivity index (χ2v) is 5.35. The van der Waals surface area contributed by atoms with E-state index in [0.29, 0.717) is 35.8 Å². The SMILES string of the molecule is NCc1ccc(C(=O)Oc2ccc(N(C=O)Cc3nn[nH]n3)cc2)cc1. The van der Waals surface area contributed by atoms with Gasteiger partial charge in [-0.2, -0.15) is 5.21 Å². The minimum Gasteiger partial charge on any atom is -0.423 e. The van der Waals surface area contributed by atoms with Crippen molar-refractivity contribution in [2.75, 3.05) is 4.90 Å². The second kappa shape index (κ2) is 7.99. The fraction of sp³-hybridized carbons (Fsp3) is 0.118. The Labute approximate surface area is 148 Å². The van der Waals surface area contributed by atoms with Crippen molar-refractivity contribution in [2.24, 2.45) is 5.73 Å². The van der Waals surface area contributed by atoms with Crippen molar-refractivity contribution >= 4 is 18.1 Å². The minimum absolute atomic E-state index is 0.173. The average Bonchev–Trinajstić information content (AvgIpc) is 3.20. The Morgan fingerprint density at radius 2 is 1.88 bits per heavy atom. The van der Waals surface area contributed by atoms with Gasteiger partial charge < -0.3 is 15.4 Å². The summed E-state index contributed by atoms with van der Waals surface area (Å²) >= 11 is 0. The number of nitrogens with two attached hydrogens (primary N) is 1. The number of H-pyrrole nitrogens is 1. The van der Waals surface area contributed by atoms with Crippen LogP contribution in [0.1, 0.15) is 21.7 Å². The Morgan fingerprint density at radius 1 is 1.15 bits per heavy atom. The molecule has 0 spiro atoms. The highest BCUT2D eigenvalue weighted by Crippen LogP contribution is 2.20. The van der Waals surface area contributed by atoms with Crippen molar-refractivity contribution in [3.8, 4) is 5.75 Å². The number of aromatic amines is 1. The smallest absolute Gasteiger partial charge is 0.343 e. The molecule has 0 unspecified atom stereocenters. The summed E-state index contributed by atoms with van der Waals surface area (Å²) in [5.74, 6) is 0.279. The van der Waals surface area contributed by atoms with Crippen molar-refractivity contribution in [2.45, 2.75) is 13.1 Å².